The van der Waals surface area contributed by atoms with Crippen molar-refractivity contribution in [1.82, 2.24) is 14.9 Å². The number of nitrogens with zero attached hydrogens (tertiary/aromatic N) is 2. The van der Waals surface area contributed by atoms with E-state index < -0.39 is 6.04 Å². The third-order valence-electron chi connectivity index (χ3n) is 4.11. The number of hydrogen-bond donors (Lipinski definition) is 1. The summed E-state index contributed by atoms with van der Waals surface area (Å²) in [5, 5.41) is 2.90. The van der Waals surface area contributed by atoms with Gasteiger partial charge >= 0.3 is 0 Å². The van der Waals surface area contributed by atoms with Crippen LogP contribution >= 0.6 is 0 Å². The number of imidazole rings is 1. The van der Waals surface area contributed by atoms with Gasteiger partial charge < -0.3 is 14.6 Å². The zero-order chi connectivity index (χ0) is 19.2. The van der Waals surface area contributed by atoms with E-state index in [0.717, 1.165) is 5.56 Å². The van der Waals surface area contributed by atoms with Crippen molar-refractivity contribution in [3.05, 3.63) is 89.8 Å². The molecule has 0 aliphatic carbocycles. The van der Waals surface area contributed by atoms with Gasteiger partial charge in [-0.15, -0.1) is 0 Å². The van der Waals surface area contributed by atoms with Gasteiger partial charge in [-0.3, -0.25) is 4.79 Å². The number of benzene rings is 2. The van der Waals surface area contributed by atoms with E-state index in [0.29, 0.717) is 17.1 Å². The molecule has 0 fully saturated rings. The maximum Gasteiger partial charge on any atom is 0.244 e. The van der Waals surface area contributed by atoms with Crippen molar-refractivity contribution in [2.75, 3.05) is 7.11 Å². The maximum absolute atomic E-state index is 13.7. The number of halogens is 1. The molecule has 6 heteroatoms. The molecule has 5 nitrogen and oxygen atoms in total. The summed E-state index contributed by atoms with van der Waals surface area (Å²) in [5.74, 6) is 0.648. The average molecular weight is 365 g/mol. The third kappa shape index (κ3) is 4.61. The number of ether oxygens (including phenoxy) is 1. The number of amides is 1. The Labute approximate surface area is 157 Å². The largest absolute Gasteiger partial charge is 0.497 e. The molecule has 138 valence electrons. The summed E-state index contributed by atoms with van der Waals surface area (Å²) in [6.45, 7) is 0. The molecule has 0 saturated carbocycles. The van der Waals surface area contributed by atoms with Crippen LogP contribution in [0.1, 0.15) is 23.0 Å². The van der Waals surface area contributed by atoms with Crippen LogP contribution in [0.25, 0.3) is 6.08 Å². The summed E-state index contributed by atoms with van der Waals surface area (Å²) in [6, 6.07) is 12.9. The molecule has 0 aliphatic rings. The molecule has 0 bridgehead atoms. The maximum atomic E-state index is 13.7. The number of aromatic nitrogens is 2. The molecule has 2 aromatic carbocycles. The van der Waals surface area contributed by atoms with E-state index in [9.17, 15) is 9.18 Å². The Hall–Kier alpha value is -3.41. The van der Waals surface area contributed by atoms with Crippen LogP contribution in [-0.4, -0.2) is 22.6 Å². The highest BCUT2D eigenvalue weighted by atomic mass is 19.1. The van der Waals surface area contributed by atoms with Crippen LogP contribution in [-0.2, 0) is 11.8 Å². The van der Waals surface area contributed by atoms with E-state index in [-0.39, 0.29) is 11.7 Å². The van der Waals surface area contributed by atoms with Crippen molar-refractivity contribution in [1.29, 1.82) is 0 Å². The first-order chi connectivity index (χ1) is 13.1. The molecule has 1 N–H and O–H groups in total. The Morgan fingerprint density at radius 1 is 1.26 bits per heavy atom. The second kappa shape index (κ2) is 8.31. The van der Waals surface area contributed by atoms with E-state index in [4.69, 9.17) is 4.74 Å². The van der Waals surface area contributed by atoms with Crippen LogP contribution < -0.4 is 10.1 Å². The van der Waals surface area contributed by atoms with Crippen LogP contribution in [0, 0.1) is 5.82 Å². The SMILES string of the molecule is COc1cccc(C=CC(=O)NC(c2cccc(F)c2)c2nccn2C)c1. The van der Waals surface area contributed by atoms with Crippen LogP contribution in [0.15, 0.2) is 67.0 Å². The minimum Gasteiger partial charge on any atom is -0.497 e. The molecule has 1 aromatic heterocycles. The lowest BCUT2D eigenvalue weighted by molar-refractivity contribution is -0.117. The molecule has 1 unspecified atom stereocenters. The highest BCUT2D eigenvalue weighted by Gasteiger charge is 2.20. The first kappa shape index (κ1) is 18.4. The Morgan fingerprint density at radius 3 is 2.78 bits per heavy atom. The number of rotatable bonds is 6. The van der Waals surface area contributed by atoms with Crippen LogP contribution in [0.4, 0.5) is 4.39 Å². The second-order valence-corrected chi connectivity index (χ2v) is 6.00. The zero-order valence-electron chi connectivity index (χ0n) is 15.1. The van der Waals surface area contributed by atoms with E-state index in [2.05, 4.69) is 10.3 Å². The van der Waals surface area contributed by atoms with Gasteiger partial charge in [-0.05, 0) is 41.5 Å². The Kier molecular flexibility index (Phi) is 5.66. The number of carbonyl (C=O) groups is 1. The molecule has 27 heavy (non-hydrogen) atoms. The molecule has 0 radical (unpaired) electrons. The standard InChI is InChI=1S/C21H20FN3O2/c1-25-12-11-23-21(25)20(16-6-4-7-17(22)14-16)24-19(26)10-9-15-5-3-8-18(13-15)27-2/h3-14,20H,1-2H3,(H,24,26). The normalized spacial score (nSPS) is 12.1. The summed E-state index contributed by atoms with van der Waals surface area (Å²) in [6.07, 6.45) is 6.54. The molecule has 0 spiro atoms. The van der Waals surface area contributed by atoms with Gasteiger partial charge in [0.05, 0.1) is 7.11 Å². The average Bonchev–Trinajstić information content (AvgIpc) is 3.10. The molecule has 3 rings (SSSR count). The lowest BCUT2D eigenvalue weighted by atomic mass is 10.1. The minimum atomic E-state index is -0.567. The highest BCUT2D eigenvalue weighted by Crippen LogP contribution is 2.21. The zero-order valence-corrected chi connectivity index (χ0v) is 15.1. The fourth-order valence-corrected chi connectivity index (χ4v) is 2.75. The number of aryl methyl sites for hydroxylation is 1. The molecule has 0 saturated heterocycles. The summed E-state index contributed by atoms with van der Waals surface area (Å²) in [4.78, 5) is 16.8. The second-order valence-electron chi connectivity index (χ2n) is 6.00. The third-order valence-corrected chi connectivity index (χ3v) is 4.11. The molecule has 3 aromatic rings. The van der Waals surface area contributed by atoms with Crippen LogP contribution in [0.2, 0.25) is 0 Å². The van der Waals surface area contributed by atoms with Gasteiger partial charge in [0.25, 0.3) is 0 Å². The van der Waals surface area contributed by atoms with Gasteiger partial charge in [0.1, 0.15) is 23.4 Å². The van der Waals surface area contributed by atoms with Gasteiger partial charge in [0.15, 0.2) is 0 Å². The highest BCUT2D eigenvalue weighted by molar-refractivity contribution is 5.92. The summed E-state index contributed by atoms with van der Waals surface area (Å²) in [7, 11) is 3.42. The van der Waals surface area contributed by atoms with Gasteiger partial charge in [-0.1, -0.05) is 24.3 Å². The van der Waals surface area contributed by atoms with E-state index in [1.54, 1.807) is 42.3 Å². The Bertz CT molecular complexity index is 965. The summed E-state index contributed by atoms with van der Waals surface area (Å²) in [5.41, 5.74) is 1.45. The Morgan fingerprint density at radius 2 is 2.07 bits per heavy atom. The van der Waals surface area contributed by atoms with Crippen molar-refractivity contribution in [2.24, 2.45) is 7.05 Å². The van der Waals surface area contributed by atoms with E-state index in [1.807, 2.05) is 31.3 Å². The number of nitrogens with one attached hydrogen (secondary N) is 1. The van der Waals surface area contributed by atoms with Crippen molar-refractivity contribution in [3.63, 3.8) is 0 Å². The molecular weight excluding hydrogens is 345 g/mol. The van der Waals surface area contributed by atoms with Crippen molar-refractivity contribution in [2.45, 2.75) is 6.04 Å². The molecule has 0 aliphatic heterocycles. The molecular formula is C21H20FN3O2. The quantitative estimate of drug-likeness (QED) is 0.681. The van der Waals surface area contributed by atoms with Crippen LogP contribution in [0.3, 0.4) is 0 Å². The summed E-state index contributed by atoms with van der Waals surface area (Å²) >= 11 is 0. The first-order valence-electron chi connectivity index (χ1n) is 8.42. The molecule has 1 heterocycles. The number of carbonyl (C=O) groups excluding carboxylic acids is 1. The smallest absolute Gasteiger partial charge is 0.244 e. The fraction of sp³-hybridized carbons (Fsp3) is 0.143. The van der Waals surface area contributed by atoms with Crippen molar-refractivity contribution < 1.29 is 13.9 Å². The van der Waals surface area contributed by atoms with E-state index in [1.165, 1.54) is 18.2 Å². The lowest BCUT2D eigenvalue weighted by Crippen LogP contribution is -2.29. The Balaban J connectivity index is 1.82. The van der Waals surface area contributed by atoms with Gasteiger partial charge in [-0.2, -0.15) is 0 Å². The van der Waals surface area contributed by atoms with Gasteiger partial charge in [0.2, 0.25) is 5.91 Å². The molecule has 1 amide bonds. The van der Waals surface area contributed by atoms with Crippen molar-refractivity contribution in [3.8, 4) is 5.75 Å². The minimum absolute atomic E-state index is 0.310. The summed E-state index contributed by atoms with van der Waals surface area (Å²) < 4.78 is 20.7. The predicted octanol–water partition coefficient (Wildman–Crippen LogP) is 3.49. The van der Waals surface area contributed by atoms with Gasteiger partial charge in [0, 0.05) is 25.5 Å². The monoisotopic (exact) mass is 365 g/mol. The van der Waals surface area contributed by atoms with Crippen LogP contribution in [0.5, 0.6) is 5.75 Å². The number of methoxy groups -OCH3 is 1. The first-order valence-corrected chi connectivity index (χ1v) is 8.42. The predicted molar refractivity (Wildman–Crippen MR) is 102 cm³/mol. The topological polar surface area (TPSA) is 56.1 Å². The number of hydrogen-bond acceptors (Lipinski definition) is 3. The van der Waals surface area contributed by atoms with Crippen molar-refractivity contribution >= 4 is 12.0 Å². The molecule has 1 atom stereocenters. The lowest BCUT2D eigenvalue weighted by Gasteiger charge is -2.18. The fourth-order valence-electron chi connectivity index (χ4n) is 2.75. The van der Waals surface area contributed by atoms with Gasteiger partial charge in [-0.25, -0.2) is 9.37 Å². The van der Waals surface area contributed by atoms with E-state index >= 15 is 0 Å².